The summed E-state index contributed by atoms with van der Waals surface area (Å²) in [4.78, 5) is 9.72. The van der Waals surface area contributed by atoms with Crippen molar-refractivity contribution in [1.82, 2.24) is 20.3 Å². The molecule has 0 saturated carbocycles. The number of nitrogens with one attached hydrogen (secondary N) is 1. The number of hydrogen-bond donors (Lipinski definition) is 1. The molecule has 0 radical (unpaired) electrons. The zero-order valence-corrected chi connectivity index (χ0v) is 17.4. The molecule has 7 heteroatoms. The van der Waals surface area contributed by atoms with Crippen molar-refractivity contribution in [2.24, 2.45) is 10.9 Å². The fraction of sp³-hybridized carbons (Fsp3) is 0.667. The quantitative estimate of drug-likeness (QED) is 0.318. The highest BCUT2D eigenvalue weighted by Gasteiger charge is 2.20. The average molecular weight is 459 g/mol. The van der Waals surface area contributed by atoms with Crippen molar-refractivity contribution in [2.75, 3.05) is 39.3 Å². The molecule has 1 fully saturated rings. The maximum Gasteiger partial charge on any atom is 0.194 e. The molecule has 0 bridgehead atoms. The Kier molecular flexibility index (Phi) is 8.74. The van der Waals surface area contributed by atoms with Crippen molar-refractivity contribution in [3.63, 3.8) is 0 Å². The Bertz CT molecular complexity index is 538. The second-order valence-electron chi connectivity index (χ2n) is 6.60. The van der Waals surface area contributed by atoms with E-state index in [2.05, 4.69) is 39.3 Å². The molecular weight excluding hydrogens is 429 g/mol. The normalized spacial score (nSPS) is 21.9. The standard InChI is InChI=1S/C18H29N5O.HI/c1-2-19-18(20-14-16-6-4-3-5-7-16)23-11-9-22(10-12-23)15-17-8-13-24-21-17;/h3-4,8,13,16H,2,5-7,9-12,14-15H2,1H3,(H,19,20);1H. The van der Waals surface area contributed by atoms with Gasteiger partial charge in [0.15, 0.2) is 5.96 Å². The Hall–Kier alpha value is -1.09. The van der Waals surface area contributed by atoms with E-state index in [-0.39, 0.29) is 24.0 Å². The van der Waals surface area contributed by atoms with Crippen LogP contribution in [0.3, 0.4) is 0 Å². The zero-order chi connectivity index (χ0) is 16.6. The van der Waals surface area contributed by atoms with E-state index in [0.29, 0.717) is 5.92 Å². The number of halogens is 1. The van der Waals surface area contributed by atoms with Crippen molar-refractivity contribution in [3.8, 4) is 0 Å². The number of aromatic nitrogens is 1. The van der Waals surface area contributed by atoms with Gasteiger partial charge in [0, 0.05) is 51.9 Å². The molecule has 1 saturated heterocycles. The lowest BCUT2D eigenvalue weighted by atomic mass is 9.95. The molecule has 3 rings (SSSR count). The van der Waals surface area contributed by atoms with Crippen LogP contribution in [0.5, 0.6) is 0 Å². The number of aliphatic imine (C=N–C) groups is 1. The number of guanidine groups is 1. The summed E-state index contributed by atoms with van der Waals surface area (Å²) >= 11 is 0. The third kappa shape index (κ3) is 6.29. The lowest BCUT2D eigenvalue weighted by molar-refractivity contribution is 0.169. The summed E-state index contributed by atoms with van der Waals surface area (Å²) < 4.78 is 4.92. The van der Waals surface area contributed by atoms with Crippen LogP contribution in [0.4, 0.5) is 0 Å². The minimum Gasteiger partial charge on any atom is -0.364 e. The van der Waals surface area contributed by atoms with Gasteiger partial charge in [0.1, 0.15) is 6.26 Å². The van der Waals surface area contributed by atoms with Gasteiger partial charge in [-0.3, -0.25) is 9.89 Å². The third-order valence-electron chi connectivity index (χ3n) is 4.76. The largest absolute Gasteiger partial charge is 0.364 e. The van der Waals surface area contributed by atoms with E-state index in [9.17, 15) is 0 Å². The summed E-state index contributed by atoms with van der Waals surface area (Å²) in [5.41, 5.74) is 1.01. The summed E-state index contributed by atoms with van der Waals surface area (Å²) in [5, 5.41) is 7.47. The monoisotopic (exact) mass is 459 g/mol. The minimum atomic E-state index is 0. The molecule has 1 aromatic rings. The van der Waals surface area contributed by atoms with Crippen LogP contribution >= 0.6 is 24.0 Å². The van der Waals surface area contributed by atoms with Gasteiger partial charge in [0.2, 0.25) is 0 Å². The molecule has 1 aromatic heterocycles. The first-order chi connectivity index (χ1) is 11.8. The van der Waals surface area contributed by atoms with E-state index in [1.807, 2.05) is 6.07 Å². The molecule has 1 N–H and O–H groups in total. The van der Waals surface area contributed by atoms with Gasteiger partial charge in [-0.2, -0.15) is 0 Å². The lowest BCUT2D eigenvalue weighted by Crippen LogP contribution is -2.52. The highest BCUT2D eigenvalue weighted by Crippen LogP contribution is 2.18. The van der Waals surface area contributed by atoms with Crippen molar-refractivity contribution in [1.29, 1.82) is 0 Å². The summed E-state index contributed by atoms with van der Waals surface area (Å²) in [5.74, 6) is 1.78. The molecule has 2 aliphatic rings. The van der Waals surface area contributed by atoms with E-state index >= 15 is 0 Å². The number of allylic oxidation sites excluding steroid dienone is 2. The SMILES string of the molecule is CCNC(=NCC1CC=CCC1)N1CCN(Cc2ccon2)CC1.I. The molecule has 140 valence electrons. The molecule has 0 spiro atoms. The predicted octanol–water partition coefficient (Wildman–Crippen LogP) is 2.73. The van der Waals surface area contributed by atoms with E-state index < -0.39 is 0 Å². The van der Waals surface area contributed by atoms with Crippen molar-refractivity contribution >= 4 is 29.9 Å². The topological polar surface area (TPSA) is 56.9 Å². The smallest absolute Gasteiger partial charge is 0.194 e. The van der Waals surface area contributed by atoms with Crippen LogP contribution in [0, 0.1) is 5.92 Å². The van der Waals surface area contributed by atoms with Crippen LogP contribution in [-0.4, -0.2) is 60.2 Å². The molecule has 2 heterocycles. The van der Waals surface area contributed by atoms with Gasteiger partial charge in [-0.15, -0.1) is 24.0 Å². The predicted molar refractivity (Wildman–Crippen MR) is 111 cm³/mol. The van der Waals surface area contributed by atoms with E-state index in [1.54, 1.807) is 6.26 Å². The Morgan fingerprint density at radius 3 is 2.80 bits per heavy atom. The van der Waals surface area contributed by atoms with Crippen LogP contribution in [0.2, 0.25) is 0 Å². The molecule has 6 nitrogen and oxygen atoms in total. The third-order valence-corrected chi connectivity index (χ3v) is 4.76. The van der Waals surface area contributed by atoms with Gasteiger partial charge in [-0.05, 0) is 32.1 Å². The number of hydrogen-bond acceptors (Lipinski definition) is 4. The molecule has 1 atom stereocenters. The maximum atomic E-state index is 4.92. The molecule has 25 heavy (non-hydrogen) atoms. The second kappa shape index (κ2) is 10.8. The molecule has 0 aromatic carbocycles. The van der Waals surface area contributed by atoms with E-state index in [4.69, 9.17) is 9.52 Å². The summed E-state index contributed by atoms with van der Waals surface area (Å²) in [6.07, 6.45) is 9.89. The number of piperazine rings is 1. The van der Waals surface area contributed by atoms with Crippen LogP contribution < -0.4 is 5.32 Å². The Morgan fingerprint density at radius 1 is 1.32 bits per heavy atom. The summed E-state index contributed by atoms with van der Waals surface area (Å²) in [6, 6.07) is 1.94. The second-order valence-corrected chi connectivity index (χ2v) is 6.60. The Balaban J connectivity index is 0.00000225. The fourth-order valence-electron chi connectivity index (χ4n) is 3.33. The van der Waals surface area contributed by atoms with E-state index in [1.165, 1.54) is 19.3 Å². The maximum absolute atomic E-state index is 4.92. The van der Waals surface area contributed by atoms with Crippen LogP contribution in [0.15, 0.2) is 34.0 Å². The molecular formula is C18H30IN5O. The van der Waals surface area contributed by atoms with Gasteiger partial charge in [-0.1, -0.05) is 17.3 Å². The first-order valence-electron chi connectivity index (χ1n) is 9.15. The average Bonchev–Trinajstić information content (AvgIpc) is 3.13. The van der Waals surface area contributed by atoms with Gasteiger partial charge in [0.05, 0.1) is 5.69 Å². The summed E-state index contributed by atoms with van der Waals surface area (Å²) in [7, 11) is 0. The highest BCUT2D eigenvalue weighted by molar-refractivity contribution is 14.0. The first kappa shape index (κ1) is 20.2. The van der Waals surface area contributed by atoms with Gasteiger partial charge in [-0.25, -0.2) is 0 Å². The molecule has 1 aliphatic heterocycles. The van der Waals surface area contributed by atoms with Crippen molar-refractivity contribution in [3.05, 3.63) is 30.2 Å². The molecule has 1 unspecified atom stereocenters. The summed E-state index contributed by atoms with van der Waals surface area (Å²) in [6.45, 7) is 8.94. The van der Waals surface area contributed by atoms with E-state index in [0.717, 1.165) is 57.5 Å². The van der Waals surface area contributed by atoms with Gasteiger partial charge >= 0.3 is 0 Å². The fourth-order valence-corrected chi connectivity index (χ4v) is 3.33. The number of rotatable bonds is 5. The van der Waals surface area contributed by atoms with Crippen LogP contribution in [0.1, 0.15) is 31.9 Å². The Labute approximate surface area is 167 Å². The Morgan fingerprint density at radius 2 is 2.16 bits per heavy atom. The highest BCUT2D eigenvalue weighted by atomic mass is 127. The van der Waals surface area contributed by atoms with Crippen LogP contribution in [-0.2, 0) is 6.54 Å². The van der Waals surface area contributed by atoms with Crippen LogP contribution in [0.25, 0.3) is 0 Å². The zero-order valence-electron chi connectivity index (χ0n) is 15.1. The number of nitrogens with zero attached hydrogens (tertiary/aromatic N) is 4. The molecule has 1 aliphatic carbocycles. The van der Waals surface area contributed by atoms with Gasteiger partial charge < -0.3 is 14.7 Å². The first-order valence-corrected chi connectivity index (χ1v) is 9.15. The van der Waals surface area contributed by atoms with Gasteiger partial charge in [0.25, 0.3) is 0 Å². The minimum absolute atomic E-state index is 0. The van der Waals surface area contributed by atoms with Crippen molar-refractivity contribution in [2.45, 2.75) is 32.7 Å². The lowest BCUT2D eigenvalue weighted by Gasteiger charge is -2.36. The van der Waals surface area contributed by atoms with Crippen molar-refractivity contribution < 1.29 is 4.52 Å². The molecule has 0 amide bonds.